The highest BCUT2D eigenvalue weighted by molar-refractivity contribution is 7.99. The molecule has 1 N–H and O–H groups in total. The van der Waals surface area contributed by atoms with E-state index in [4.69, 9.17) is 4.98 Å². The smallest absolute Gasteiger partial charge is 0.262 e. The summed E-state index contributed by atoms with van der Waals surface area (Å²) in [6, 6.07) is 3.98. The first-order valence-corrected chi connectivity index (χ1v) is 11.7. The molecule has 4 rings (SSSR count). The van der Waals surface area contributed by atoms with Crippen LogP contribution in [0, 0.1) is 0 Å². The average molecular weight is 420 g/mol. The molecule has 142 valence electrons. The van der Waals surface area contributed by atoms with Gasteiger partial charge in [0.15, 0.2) is 5.16 Å². The van der Waals surface area contributed by atoms with Gasteiger partial charge in [-0.05, 0) is 49.6 Å². The van der Waals surface area contributed by atoms with Gasteiger partial charge in [-0.1, -0.05) is 17.8 Å². The van der Waals surface area contributed by atoms with E-state index >= 15 is 0 Å². The Hall–Kier alpha value is -1.64. The molecule has 0 saturated heterocycles. The number of aromatic nitrogens is 2. The zero-order valence-electron chi connectivity index (χ0n) is 15.3. The van der Waals surface area contributed by atoms with E-state index in [1.807, 2.05) is 24.4 Å². The summed E-state index contributed by atoms with van der Waals surface area (Å²) in [5.41, 5.74) is 1.21. The molecule has 0 radical (unpaired) electrons. The van der Waals surface area contributed by atoms with E-state index in [2.05, 4.69) is 5.32 Å². The third-order valence-electron chi connectivity index (χ3n) is 4.84. The lowest BCUT2D eigenvalue weighted by Gasteiger charge is -2.13. The van der Waals surface area contributed by atoms with Crippen molar-refractivity contribution in [2.45, 2.75) is 43.8 Å². The molecule has 0 spiro atoms. The third-order valence-corrected chi connectivity index (χ3v) is 8.11. The molecule has 0 saturated carbocycles. The van der Waals surface area contributed by atoms with Crippen LogP contribution in [-0.4, -0.2) is 21.2 Å². The summed E-state index contributed by atoms with van der Waals surface area (Å²) in [5.74, 6) is 0.188. The number of nitrogens with zero attached hydrogens (tertiary/aromatic N) is 2. The van der Waals surface area contributed by atoms with Gasteiger partial charge in [0.2, 0.25) is 5.91 Å². The Bertz CT molecular complexity index is 1040. The monoisotopic (exact) mass is 419 g/mol. The molecule has 3 aromatic rings. The summed E-state index contributed by atoms with van der Waals surface area (Å²) in [6.07, 6.45) is 4.35. The van der Waals surface area contributed by atoms with Crippen LogP contribution in [0.2, 0.25) is 0 Å². The predicted octanol–water partition coefficient (Wildman–Crippen LogP) is 3.90. The van der Waals surface area contributed by atoms with Crippen LogP contribution in [0.1, 0.15) is 41.1 Å². The molecular formula is C19H21N3O2S3. The quantitative estimate of drug-likeness (QED) is 0.503. The minimum atomic E-state index is -0.0549. The number of thioether (sulfide) groups is 1. The van der Waals surface area contributed by atoms with E-state index in [1.165, 1.54) is 28.6 Å². The summed E-state index contributed by atoms with van der Waals surface area (Å²) in [4.78, 5) is 33.1. The Kier molecular flexibility index (Phi) is 5.39. The van der Waals surface area contributed by atoms with Crippen molar-refractivity contribution < 1.29 is 4.79 Å². The molecule has 3 heterocycles. The predicted molar refractivity (Wildman–Crippen MR) is 113 cm³/mol. The fourth-order valence-electron chi connectivity index (χ4n) is 3.42. The van der Waals surface area contributed by atoms with Crippen LogP contribution in [0.5, 0.6) is 0 Å². The number of nitrogens with one attached hydrogen (secondary N) is 1. The van der Waals surface area contributed by atoms with E-state index in [-0.39, 0.29) is 23.3 Å². The first kappa shape index (κ1) is 18.7. The second-order valence-corrected chi connectivity index (χ2v) is 9.75. The lowest BCUT2D eigenvalue weighted by molar-refractivity contribution is -0.119. The molecule has 0 fully saturated rings. The highest BCUT2D eigenvalue weighted by atomic mass is 32.2. The van der Waals surface area contributed by atoms with Crippen LogP contribution in [-0.2, 0) is 24.7 Å². The van der Waals surface area contributed by atoms with Gasteiger partial charge >= 0.3 is 0 Å². The largest absolute Gasteiger partial charge is 0.348 e. The minimum Gasteiger partial charge on any atom is -0.348 e. The summed E-state index contributed by atoms with van der Waals surface area (Å²) in [5, 5.41) is 6.39. The molecule has 1 unspecified atom stereocenters. The normalized spacial score (nSPS) is 14.9. The Morgan fingerprint density at radius 3 is 3.00 bits per heavy atom. The third kappa shape index (κ3) is 3.70. The Balaban J connectivity index is 1.51. The van der Waals surface area contributed by atoms with Crippen molar-refractivity contribution in [1.29, 1.82) is 0 Å². The topological polar surface area (TPSA) is 64.0 Å². The average Bonchev–Trinajstić information content (AvgIpc) is 3.31. The minimum absolute atomic E-state index is 0.00858. The first-order chi connectivity index (χ1) is 13.0. The van der Waals surface area contributed by atoms with Crippen molar-refractivity contribution in [2.24, 2.45) is 7.05 Å². The maximum atomic E-state index is 12.9. The Morgan fingerprint density at radius 1 is 1.41 bits per heavy atom. The highest BCUT2D eigenvalue weighted by Gasteiger charge is 2.21. The number of hydrogen-bond donors (Lipinski definition) is 1. The summed E-state index contributed by atoms with van der Waals surface area (Å²) >= 11 is 4.59. The molecule has 0 aliphatic heterocycles. The molecule has 0 aromatic carbocycles. The van der Waals surface area contributed by atoms with E-state index in [9.17, 15) is 9.59 Å². The van der Waals surface area contributed by atoms with Gasteiger partial charge in [0.05, 0.1) is 17.2 Å². The molecule has 1 amide bonds. The number of hydrogen-bond acceptors (Lipinski definition) is 6. The molecule has 8 heteroatoms. The van der Waals surface area contributed by atoms with Crippen molar-refractivity contribution >= 4 is 50.6 Å². The van der Waals surface area contributed by atoms with Crippen molar-refractivity contribution in [3.05, 3.63) is 43.2 Å². The van der Waals surface area contributed by atoms with Gasteiger partial charge in [0, 0.05) is 16.8 Å². The fourth-order valence-corrected chi connectivity index (χ4v) is 6.24. The van der Waals surface area contributed by atoms with E-state index in [0.717, 1.165) is 34.4 Å². The molecule has 5 nitrogen and oxygen atoms in total. The van der Waals surface area contributed by atoms with Crippen LogP contribution in [0.3, 0.4) is 0 Å². The van der Waals surface area contributed by atoms with Gasteiger partial charge in [-0.2, -0.15) is 0 Å². The standard InChI is InChI=1S/C19H21N3O2S3/c1-11(13-8-5-9-25-13)20-15(23)10-26-19-21-17-16(18(24)22(19)2)12-6-3-4-7-14(12)27-17/h5,8-9,11H,3-4,6-7,10H2,1-2H3,(H,20,23). The van der Waals surface area contributed by atoms with Crippen molar-refractivity contribution in [1.82, 2.24) is 14.9 Å². The number of carbonyl (C=O) groups excluding carboxylic acids is 1. The lowest BCUT2D eigenvalue weighted by atomic mass is 9.97. The van der Waals surface area contributed by atoms with Crippen LogP contribution in [0.25, 0.3) is 10.2 Å². The van der Waals surface area contributed by atoms with Gasteiger partial charge in [0.1, 0.15) is 4.83 Å². The van der Waals surface area contributed by atoms with Crippen molar-refractivity contribution in [3.8, 4) is 0 Å². The maximum absolute atomic E-state index is 12.9. The van der Waals surface area contributed by atoms with E-state index in [0.29, 0.717) is 5.16 Å². The van der Waals surface area contributed by atoms with Gasteiger partial charge < -0.3 is 5.32 Å². The second kappa shape index (κ2) is 7.77. The molecule has 1 aliphatic carbocycles. The number of thiophene rings is 2. The van der Waals surface area contributed by atoms with Crippen molar-refractivity contribution in [2.75, 3.05) is 5.75 Å². The molecule has 3 aromatic heterocycles. The fraction of sp³-hybridized carbons (Fsp3) is 0.421. The first-order valence-electron chi connectivity index (χ1n) is 9.01. The molecule has 0 bridgehead atoms. The number of rotatable bonds is 5. The van der Waals surface area contributed by atoms with Crippen LogP contribution >= 0.6 is 34.4 Å². The second-order valence-electron chi connectivity index (χ2n) is 6.74. The van der Waals surface area contributed by atoms with Gasteiger partial charge in [-0.25, -0.2) is 4.98 Å². The van der Waals surface area contributed by atoms with Gasteiger partial charge in [-0.3, -0.25) is 14.2 Å². The number of amides is 1. The molecule has 1 aliphatic rings. The lowest BCUT2D eigenvalue weighted by Crippen LogP contribution is -2.28. The van der Waals surface area contributed by atoms with E-state index in [1.54, 1.807) is 34.3 Å². The van der Waals surface area contributed by atoms with Crippen LogP contribution in [0.15, 0.2) is 27.5 Å². The molecule has 1 atom stereocenters. The Morgan fingerprint density at radius 2 is 2.22 bits per heavy atom. The van der Waals surface area contributed by atoms with Gasteiger partial charge in [0.25, 0.3) is 5.56 Å². The summed E-state index contributed by atoms with van der Waals surface area (Å²) in [6.45, 7) is 1.98. The number of aryl methyl sites for hydroxylation is 2. The molecule has 27 heavy (non-hydrogen) atoms. The van der Waals surface area contributed by atoms with Crippen molar-refractivity contribution in [3.63, 3.8) is 0 Å². The SMILES string of the molecule is CC(NC(=O)CSc1nc2sc3c(c2c(=O)n1C)CCCC3)c1cccs1. The van der Waals surface area contributed by atoms with E-state index < -0.39 is 0 Å². The molecular weight excluding hydrogens is 398 g/mol. The van der Waals surface area contributed by atoms with Crippen LogP contribution in [0.4, 0.5) is 0 Å². The van der Waals surface area contributed by atoms with Crippen LogP contribution < -0.4 is 10.9 Å². The van der Waals surface area contributed by atoms with Gasteiger partial charge in [-0.15, -0.1) is 22.7 Å². The summed E-state index contributed by atoms with van der Waals surface area (Å²) in [7, 11) is 1.75. The summed E-state index contributed by atoms with van der Waals surface area (Å²) < 4.78 is 1.59. The maximum Gasteiger partial charge on any atom is 0.262 e. The zero-order valence-corrected chi connectivity index (χ0v) is 17.7. The number of fused-ring (bicyclic) bond motifs is 3. The number of carbonyl (C=O) groups is 1. The zero-order chi connectivity index (χ0) is 19.0. The highest BCUT2D eigenvalue weighted by Crippen LogP contribution is 2.34. The Labute approximate surface area is 169 Å².